The molecule has 0 saturated heterocycles. The van der Waals surface area contributed by atoms with Crippen molar-refractivity contribution in [3.8, 4) is 0 Å². The lowest BCUT2D eigenvalue weighted by Crippen LogP contribution is -2.37. The number of hydrogen-bond donors (Lipinski definition) is 1. The van der Waals surface area contributed by atoms with Gasteiger partial charge in [-0.05, 0) is 43.2 Å². The van der Waals surface area contributed by atoms with Crippen LogP contribution in [0, 0.1) is 0 Å². The highest BCUT2D eigenvalue weighted by Gasteiger charge is 2.21. The van der Waals surface area contributed by atoms with Gasteiger partial charge in [0.05, 0.1) is 6.61 Å². The van der Waals surface area contributed by atoms with E-state index in [-0.39, 0.29) is 25.7 Å². The Hall–Kier alpha value is -2.96. The SMILES string of the molecule is CCOC(=O)CN(C(=O)C(C)=Cc1ccc(COO)cc1)c1ccccc1. The first-order valence-corrected chi connectivity index (χ1v) is 8.61. The van der Waals surface area contributed by atoms with E-state index in [9.17, 15) is 9.59 Å². The molecule has 0 aliphatic heterocycles. The van der Waals surface area contributed by atoms with Crippen LogP contribution in [0.1, 0.15) is 25.0 Å². The number of anilines is 1. The monoisotopic (exact) mass is 369 g/mol. The van der Waals surface area contributed by atoms with Gasteiger partial charge in [0, 0.05) is 11.3 Å². The number of ether oxygens (including phenoxy) is 1. The minimum absolute atomic E-state index is 0.100. The van der Waals surface area contributed by atoms with Crippen LogP contribution in [0.15, 0.2) is 60.2 Å². The number of esters is 1. The van der Waals surface area contributed by atoms with E-state index in [1.807, 2.05) is 30.3 Å². The van der Waals surface area contributed by atoms with Crippen LogP contribution in [0.25, 0.3) is 6.08 Å². The quantitative estimate of drug-likeness (QED) is 0.332. The van der Waals surface area contributed by atoms with Gasteiger partial charge in [0.2, 0.25) is 0 Å². The predicted molar refractivity (Wildman–Crippen MR) is 103 cm³/mol. The summed E-state index contributed by atoms with van der Waals surface area (Å²) in [7, 11) is 0. The zero-order valence-corrected chi connectivity index (χ0v) is 15.4. The normalized spacial score (nSPS) is 11.1. The summed E-state index contributed by atoms with van der Waals surface area (Å²) in [6.07, 6.45) is 1.74. The minimum Gasteiger partial charge on any atom is -0.465 e. The highest BCUT2D eigenvalue weighted by molar-refractivity contribution is 6.09. The Kier molecular flexibility index (Phi) is 7.73. The van der Waals surface area contributed by atoms with E-state index in [1.54, 1.807) is 44.2 Å². The lowest BCUT2D eigenvalue weighted by Gasteiger charge is -2.22. The zero-order chi connectivity index (χ0) is 19.6. The van der Waals surface area contributed by atoms with Crippen LogP contribution in [-0.2, 0) is 25.8 Å². The molecule has 0 aliphatic carbocycles. The van der Waals surface area contributed by atoms with E-state index < -0.39 is 5.97 Å². The average Bonchev–Trinajstić information content (AvgIpc) is 2.68. The van der Waals surface area contributed by atoms with Crippen molar-refractivity contribution in [3.05, 3.63) is 71.3 Å². The molecule has 0 atom stereocenters. The van der Waals surface area contributed by atoms with Crippen molar-refractivity contribution in [2.75, 3.05) is 18.1 Å². The first-order chi connectivity index (χ1) is 13.0. The number of hydrogen-bond acceptors (Lipinski definition) is 5. The highest BCUT2D eigenvalue weighted by atomic mass is 17.1. The van der Waals surface area contributed by atoms with Crippen LogP contribution in [0.5, 0.6) is 0 Å². The van der Waals surface area contributed by atoms with Gasteiger partial charge < -0.3 is 4.74 Å². The lowest BCUT2D eigenvalue weighted by atomic mass is 10.1. The third-order valence-corrected chi connectivity index (χ3v) is 3.84. The molecule has 0 aromatic heterocycles. The molecule has 142 valence electrons. The Morgan fingerprint density at radius 2 is 1.74 bits per heavy atom. The Labute approximate surface area is 158 Å². The topological polar surface area (TPSA) is 76.1 Å². The molecule has 6 heteroatoms. The molecule has 0 spiro atoms. The maximum Gasteiger partial charge on any atom is 0.326 e. The fourth-order valence-corrected chi connectivity index (χ4v) is 2.53. The molecule has 0 bridgehead atoms. The van der Waals surface area contributed by atoms with E-state index >= 15 is 0 Å². The number of nitrogens with zero attached hydrogens (tertiary/aromatic N) is 1. The van der Waals surface area contributed by atoms with Gasteiger partial charge in [0.1, 0.15) is 13.2 Å². The summed E-state index contributed by atoms with van der Waals surface area (Å²) in [5.41, 5.74) is 2.74. The summed E-state index contributed by atoms with van der Waals surface area (Å²) < 4.78 is 4.99. The second-order valence-electron chi connectivity index (χ2n) is 5.87. The van der Waals surface area contributed by atoms with Crippen LogP contribution in [-0.4, -0.2) is 30.3 Å². The molecule has 0 aliphatic rings. The van der Waals surface area contributed by atoms with Crippen LogP contribution in [0.4, 0.5) is 5.69 Å². The molecule has 0 saturated carbocycles. The first-order valence-electron chi connectivity index (χ1n) is 8.61. The lowest BCUT2D eigenvalue weighted by molar-refractivity contribution is -0.253. The fourth-order valence-electron chi connectivity index (χ4n) is 2.53. The largest absolute Gasteiger partial charge is 0.465 e. The van der Waals surface area contributed by atoms with Crippen LogP contribution in [0.3, 0.4) is 0 Å². The van der Waals surface area contributed by atoms with E-state index in [1.165, 1.54) is 4.90 Å². The summed E-state index contributed by atoms with van der Waals surface area (Å²) >= 11 is 0. The van der Waals surface area contributed by atoms with Gasteiger partial charge in [0.15, 0.2) is 0 Å². The third-order valence-electron chi connectivity index (χ3n) is 3.84. The van der Waals surface area contributed by atoms with Crippen LogP contribution >= 0.6 is 0 Å². The Bertz CT molecular complexity index is 784. The van der Waals surface area contributed by atoms with E-state index in [2.05, 4.69) is 4.89 Å². The number of benzene rings is 2. The Morgan fingerprint density at radius 1 is 1.07 bits per heavy atom. The average molecular weight is 369 g/mol. The Balaban J connectivity index is 2.23. The van der Waals surface area contributed by atoms with Gasteiger partial charge >= 0.3 is 5.97 Å². The van der Waals surface area contributed by atoms with Crippen molar-refractivity contribution in [2.45, 2.75) is 20.5 Å². The van der Waals surface area contributed by atoms with Crippen molar-refractivity contribution in [1.82, 2.24) is 0 Å². The van der Waals surface area contributed by atoms with Crippen molar-refractivity contribution >= 4 is 23.6 Å². The highest BCUT2D eigenvalue weighted by Crippen LogP contribution is 2.18. The van der Waals surface area contributed by atoms with Crippen LogP contribution in [0.2, 0.25) is 0 Å². The molecule has 1 N–H and O–H groups in total. The van der Waals surface area contributed by atoms with E-state index in [0.29, 0.717) is 11.3 Å². The molecule has 27 heavy (non-hydrogen) atoms. The molecule has 0 fully saturated rings. The summed E-state index contributed by atoms with van der Waals surface area (Å²) in [6, 6.07) is 16.2. The number of amides is 1. The molecule has 0 heterocycles. The first kappa shape index (κ1) is 20.4. The smallest absolute Gasteiger partial charge is 0.326 e. The molecule has 2 rings (SSSR count). The van der Waals surface area contributed by atoms with E-state index in [4.69, 9.17) is 9.99 Å². The molecule has 2 aromatic rings. The van der Waals surface area contributed by atoms with Gasteiger partial charge in [-0.15, -0.1) is 0 Å². The van der Waals surface area contributed by atoms with Gasteiger partial charge in [-0.3, -0.25) is 19.7 Å². The molecule has 0 radical (unpaired) electrons. The second-order valence-corrected chi connectivity index (χ2v) is 5.87. The standard InChI is InChI=1S/C21H23NO5/c1-3-26-20(23)14-22(19-7-5-4-6-8-19)21(24)16(2)13-17-9-11-18(12-10-17)15-27-25/h4-13,25H,3,14-15H2,1-2H3. The summed E-state index contributed by atoms with van der Waals surface area (Å²) in [6.45, 7) is 3.63. The van der Waals surface area contributed by atoms with Gasteiger partial charge in [-0.1, -0.05) is 42.5 Å². The third kappa shape index (κ3) is 6.06. The van der Waals surface area contributed by atoms with Gasteiger partial charge in [0.25, 0.3) is 5.91 Å². The number of carbonyl (C=O) groups is 2. The maximum atomic E-state index is 13.0. The second kappa shape index (κ2) is 10.3. The van der Waals surface area contributed by atoms with Crippen molar-refractivity contribution in [3.63, 3.8) is 0 Å². The summed E-state index contributed by atoms with van der Waals surface area (Å²) in [4.78, 5) is 30.4. The molecule has 2 aromatic carbocycles. The molecular formula is C21H23NO5. The number of carbonyl (C=O) groups excluding carboxylic acids is 2. The fraction of sp³-hybridized carbons (Fsp3) is 0.238. The minimum atomic E-state index is -0.462. The van der Waals surface area contributed by atoms with Crippen molar-refractivity contribution in [1.29, 1.82) is 0 Å². The predicted octanol–water partition coefficient (Wildman–Crippen LogP) is 3.68. The van der Waals surface area contributed by atoms with Gasteiger partial charge in [-0.2, -0.15) is 0 Å². The van der Waals surface area contributed by atoms with Gasteiger partial charge in [-0.25, -0.2) is 4.89 Å². The van der Waals surface area contributed by atoms with Crippen molar-refractivity contribution in [2.24, 2.45) is 0 Å². The molecular weight excluding hydrogens is 346 g/mol. The van der Waals surface area contributed by atoms with Crippen LogP contribution < -0.4 is 4.90 Å². The summed E-state index contributed by atoms with van der Waals surface area (Å²) in [5, 5.41) is 8.49. The summed E-state index contributed by atoms with van der Waals surface area (Å²) in [5.74, 6) is -0.743. The zero-order valence-electron chi connectivity index (χ0n) is 15.4. The number of rotatable bonds is 8. The van der Waals surface area contributed by atoms with Crippen molar-refractivity contribution < 1.29 is 24.5 Å². The Morgan fingerprint density at radius 3 is 2.33 bits per heavy atom. The number of para-hydroxylation sites is 1. The molecule has 6 nitrogen and oxygen atoms in total. The molecule has 1 amide bonds. The maximum absolute atomic E-state index is 13.0. The molecule has 0 unspecified atom stereocenters. The van der Waals surface area contributed by atoms with E-state index in [0.717, 1.165) is 11.1 Å².